The summed E-state index contributed by atoms with van der Waals surface area (Å²) >= 11 is 0. The van der Waals surface area contributed by atoms with Crippen molar-refractivity contribution >= 4 is 57.8 Å². The van der Waals surface area contributed by atoms with Crippen LogP contribution in [0.25, 0.3) is 0 Å². The zero-order valence-electron chi connectivity index (χ0n) is 34.1. The minimum atomic E-state index is -0.897. The van der Waals surface area contributed by atoms with Crippen LogP contribution < -0.4 is 0 Å². The molecule has 53 heavy (non-hydrogen) atoms. The molecular weight excluding hydrogens is 676 g/mol. The fourth-order valence-electron chi connectivity index (χ4n) is 6.84. The molecule has 0 heterocycles. The lowest BCUT2D eigenvalue weighted by Crippen LogP contribution is -2.30. The lowest BCUT2D eigenvalue weighted by atomic mass is 9.78. The Morgan fingerprint density at radius 3 is 0.962 bits per heavy atom. The predicted molar refractivity (Wildman–Crippen MR) is 204 cm³/mol. The lowest BCUT2D eigenvalue weighted by Gasteiger charge is -2.24. The van der Waals surface area contributed by atoms with Gasteiger partial charge in [-0.15, -0.1) is 0 Å². The summed E-state index contributed by atoms with van der Waals surface area (Å²) in [5.74, 6) is -5.97. The van der Waals surface area contributed by atoms with Crippen molar-refractivity contribution in [2.75, 3.05) is 0 Å². The molecule has 0 spiro atoms. The second kappa shape index (κ2) is 26.5. The minimum absolute atomic E-state index is 0.00330. The molecule has 10 heteroatoms. The van der Waals surface area contributed by atoms with Gasteiger partial charge in [-0.1, -0.05) is 40.5 Å². The molecule has 0 aliphatic heterocycles. The van der Waals surface area contributed by atoms with E-state index in [4.69, 9.17) is 0 Å². The van der Waals surface area contributed by atoms with E-state index in [0.717, 1.165) is 6.42 Å². The smallest absolute Gasteiger partial charge is 0.137 e. The number of unbranched alkanes of at least 4 members (excludes halogenated alkanes) is 1. The van der Waals surface area contributed by atoms with Crippen LogP contribution in [0.4, 0.5) is 0 Å². The largest absolute Gasteiger partial charge is 0.300 e. The minimum Gasteiger partial charge on any atom is -0.300 e. The molecule has 0 bridgehead atoms. The van der Waals surface area contributed by atoms with Crippen molar-refractivity contribution in [1.82, 2.24) is 0 Å². The molecule has 0 aliphatic carbocycles. The number of carbonyl (C=O) groups excluding carboxylic acids is 10. The summed E-state index contributed by atoms with van der Waals surface area (Å²) in [5.41, 5.74) is 0. The third-order valence-corrected chi connectivity index (χ3v) is 10.3. The summed E-state index contributed by atoms with van der Waals surface area (Å²) in [4.78, 5) is 128. The fraction of sp³-hybridized carbons (Fsp3) is 0.767. The molecule has 0 rings (SSSR count). The van der Waals surface area contributed by atoms with E-state index in [1.165, 1.54) is 34.6 Å². The average molecular weight is 745 g/mol. The Kier molecular flexibility index (Phi) is 24.8. The van der Waals surface area contributed by atoms with Gasteiger partial charge in [0.05, 0.1) is 0 Å². The van der Waals surface area contributed by atoms with Crippen molar-refractivity contribution in [2.45, 2.75) is 171 Å². The van der Waals surface area contributed by atoms with Gasteiger partial charge in [-0.05, 0) is 79.1 Å². The van der Waals surface area contributed by atoms with Gasteiger partial charge in [-0.3, -0.25) is 28.8 Å². The Bertz CT molecular complexity index is 1290. The Labute approximate surface area is 318 Å². The van der Waals surface area contributed by atoms with E-state index in [2.05, 4.69) is 0 Å². The van der Waals surface area contributed by atoms with Gasteiger partial charge in [0, 0.05) is 93.3 Å². The van der Waals surface area contributed by atoms with E-state index in [1.54, 1.807) is 0 Å². The predicted octanol–water partition coefficient (Wildman–Crippen LogP) is 7.80. The molecule has 6 atom stereocenters. The summed E-state index contributed by atoms with van der Waals surface area (Å²) < 4.78 is 0. The number of hydrogen-bond acceptors (Lipinski definition) is 10. The van der Waals surface area contributed by atoms with Crippen LogP contribution in [0.3, 0.4) is 0 Å². The Morgan fingerprint density at radius 1 is 0.396 bits per heavy atom. The maximum absolute atomic E-state index is 14.0. The van der Waals surface area contributed by atoms with Gasteiger partial charge in [0.2, 0.25) is 0 Å². The van der Waals surface area contributed by atoms with Crippen LogP contribution >= 0.6 is 0 Å². The monoisotopic (exact) mass is 744 g/mol. The van der Waals surface area contributed by atoms with E-state index < -0.39 is 35.4 Å². The van der Waals surface area contributed by atoms with Crippen molar-refractivity contribution < 1.29 is 47.9 Å². The molecule has 10 nitrogen and oxygen atoms in total. The van der Waals surface area contributed by atoms with E-state index in [1.807, 2.05) is 27.7 Å². The summed E-state index contributed by atoms with van der Waals surface area (Å²) in [5, 5.41) is 0. The normalized spacial score (nSPS) is 14.8. The van der Waals surface area contributed by atoms with Crippen molar-refractivity contribution in [3.8, 4) is 0 Å². The molecule has 300 valence electrons. The van der Waals surface area contributed by atoms with Crippen molar-refractivity contribution in [3.63, 3.8) is 0 Å². The average Bonchev–Trinajstić information content (AvgIpc) is 3.05. The zero-order chi connectivity index (χ0) is 40.8. The van der Waals surface area contributed by atoms with Gasteiger partial charge in [0.1, 0.15) is 57.8 Å². The standard InChI is InChI=1S/C43H68O10/c1-10-11-12-35(24-42(52)36(18-14-30(6)45)23-39(49)28(4)21-27(2)3)41(51)25-38(20-16-32(8)47)43(53)26-37(19-15-31(7)46)40(50)22-34(33(9)48)17-13-29(5)44/h27-28,34-38H,10-26H2,1-9H3. The van der Waals surface area contributed by atoms with E-state index in [0.29, 0.717) is 25.2 Å². The van der Waals surface area contributed by atoms with Gasteiger partial charge < -0.3 is 19.2 Å². The topological polar surface area (TPSA) is 171 Å². The number of Topliss-reactive ketones (excluding diaryl/α,β-unsaturated/α-hetero) is 10. The number of carbonyl (C=O) groups is 10. The van der Waals surface area contributed by atoms with Gasteiger partial charge in [-0.25, -0.2) is 0 Å². The van der Waals surface area contributed by atoms with Gasteiger partial charge in [-0.2, -0.15) is 0 Å². The zero-order valence-corrected chi connectivity index (χ0v) is 34.1. The summed E-state index contributed by atoms with van der Waals surface area (Å²) in [6.07, 6.45) is 2.69. The molecule has 0 amide bonds. The molecular formula is C43H68O10. The Balaban J connectivity index is 6.30. The molecule has 0 aromatic rings. The van der Waals surface area contributed by atoms with Crippen LogP contribution in [0, 0.1) is 41.4 Å². The molecule has 0 aliphatic rings. The highest BCUT2D eigenvalue weighted by Crippen LogP contribution is 2.29. The SMILES string of the molecule is CCCCC(CC(=O)C(CCC(C)=O)CC(=O)C(C)CC(C)C)C(=O)CC(CCC(C)=O)C(=O)CC(CCC(C)=O)C(=O)CC(CCC(C)=O)C(C)=O. The maximum Gasteiger partial charge on any atom is 0.137 e. The quantitative estimate of drug-likeness (QED) is 0.0646. The van der Waals surface area contributed by atoms with Crippen molar-refractivity contribution in [2.24, 2.45) is 41.4 Å². The second-order valence-electron chi connectivity index (χ2n) is 16.1. The van der Waals surface area contributed by atoms with Crippen molar-refractivity contribution in [3.05, 3.63) is 0 Å². The maximum atomic E-state index is 14.0. The first-order chi connectivity index (χ1) is 24.7. The van der Waals surface area contributed by atoms with E-state index in [-0.39, 0.29) is 141 Å². The highest BCUT2D eigenvalue weighted by Gasteiger charge is 2.34. The molecule has 0 aromatic carbocycles. The Morgan fingerprint density at radius 2 is 0.679 bits per heavy atom. The number of hydrogen-bond donors (Lipinski definition) is 0. The Hall–Kier alpha value is -3.30. The van der Waals surface area contributed by atoms with Gasteiger partial charge >= 0.3 is 0 Å². The summed E-state index contributed by atoms with van der Waals surface area (Å²) in [7, 11) is 0. The molecule has 0 radical (unpaired) electrons. The van der Waals surface area contributed by atoms with Crippen LogP contribution in [-0.2, 0) is 47.9 Å². The van der Waals surface area contributed by atoms with Crippen LogP contribution in [0.15, 0.2) is 0 Å². The van der Waals surface area contributed by atoms with E-state index in [9.17, 15) is 47.9 Å². The number of ketones is 10. The third-order valence-electron chi connectivity index (χ3n) is 10.3. The highest BCUT2D eigenvalue weighted by atomic mass is 16.2. The van der Waals surface area contributed by atoms with Gasteiger partial charge in [0.25, 0.3) is 0 Å². The highest BCUT2D eigenvalue weighted by molar-refractivity contribution is 5.96. The first-order valence-electron chi connectivity index (χ1n) is 19.8. The van der Waals surface area contributed by atoms with Crippen LogP contribution in [-0.4, -0.2) is 57.8 Å². The molecule has 0 fully saturated rings. The van der Waals surface area contributed by atoms with Crippen molar-refractivity contribution in [1.29, 1.82) is 0 Å². The fourth-order valence-corrected chi connectivity index (χ4v) is 6.84. The first kappa shape index (κ1) is 49.7. The lowest BCUT2D eigenvalue weighted by molar-refractivity contribution is -0.136. The molecule has 0 saturated heterocycles. The molecule has 0 N–H and O–H groups in total. The second-order valence-corrected chi connectivity index (χ2v) is 16.1. The van der Waals surface area contributed by atoms with Gasteiger partial charge in [0.15, 0.2) is 0 Å². The summed E-state index contributed by atoms with van der Waals surface area (Å²) in [6.45, 7) is 14.8. The molecule has 6 unspecified atom stereocenters. The van der Waals surface area contributed by atoms with Crippen LogP contribution in [0.5, 0.6) is 0 Å². The summed E-state index contributed by atoms with van der Waals surface area (Å²) in [6, 6.07) is 0. The van der Waals surface area contributed by atoms with Crippen LogP contribution in [0.1, 0.15) is 171 Å². The first-order valence-corrected chi connectivity index (χ1v) is 19.8. The van der Waals surface area contributed by atoms with E-state index >= 15 is 0 Å². The van der Waals surface area contributed by atoms with Crippen LogP contribution in [0.2, 0.25) is 0 Å². The molecule has 0 saturated carbocycles. The third kappa shape index (κ3) is 22.5. The number of rotatable bonds is 33. The molecule has 0 aromatic heterocycles.